The van der Waals surface area contributed by atoms with Gasteiger partial charge in [0.2, 0.25) is 0 Å². The highest BCUT2D eigenvalue weighted by atomic mass is 35.5. The Hall–Kier alpha value is -1.70. The lowest BCUT2D eigenvalue weighted by molar-refractivity contribution is 0.312. The van der Waals surface area contributed by atoms with Crippen molar-refractivity contribution in [1.82, 2.24) is 25.3 Å². The van der Waals surface area contributed by atoms with Gasteiger partial charge in [0.05, 0.1) is 0 Å². The molecule has 1 aliphatic rings. The van der Waals surface area contributed by atoms with Crippen molar-refractivity contribution < 1.29 is 4.52 Å². The zero-order valence-electron chi connectivity index (χ0n) is 14.4. The fourth-order valence-corrected chi connectivity index (χ4v) is 2.59. The normalized spacial score (nSPS) is 16.7. The van der Waals surface area contributed by atoms with Gasteiger partial charge in [0.1, 0.15) is 5.82 Å². The molecule has 0 aromatic carbocycles. The van der Waals surface area contributed by atoms with E-state index in [2.05, 4.69) is 44.2 Å². The Kier molecular flexibility index (Phi) is 6.53. The Labute approximate surface area is 148 Å². The van der Waals surface area contributed by atoms with Gasteiger partial charge in [0, 0.05) is 50.4 Å². The number of likely N-dealkylation sites (N-methyl/N-ethyl adjacent to an activating group) is 2. The molecule has 1 aliphatic heterocycles. The first-order valence-corrected chi connectivity index (χ1v) is 8.05. The van der Waals surface area contributed by atoms with E-state index in [0.717, 1.165) is 49.8 Å². The molecule has 2 aromatic heterocycles. The van der Waals surface area contributed by atoms with Gasteiger partial charge >= 0.3 is 0 Å². The van der Waals surface area contributed by atoms with Crippen LogP contribution in [0.4, 0.5) is 5.82 Å². The van der Waals surface area contributed by atoms with Gasteiger partial charge in [-0.15, -0.1) is 12.4 Å². The van der Waals surface area contributed by atoms with Crippen molar-refractivity contribution in [2.45, 2.75) is 19.4 Å². The Morgan fingerprint density at radius 2 is 2.04 bits per heavy atom. The molecule has 1 atom stereocenters. The zero-order valence-corrected chi connectivity index (χ0v) is 15.2. The Bertz CT molecular complexity index is 641. The van der Waals surface area contributed by atoms with Crippen molar-refractivity contribution >= 4 is 18.2 Å². The van der Waals surface area contributed by atoms with Crippen molar-refractivity contribution in [2.24, 2.45) is 0 Å². The molecular formula is C16H25ClN6O. The average Bonchev–Trinajstić information content (AvgIpc) is 3.04. The highest BCUT2D eigenvalue weighted by Gasteiger charge is 2.17. The number of nitrogens with one attached hydrogen (secondary N) is 1. The SMILES string of the molecule is CNC(C)Cc1noc(-c2ccnc(N3CCN(C)CC3)c2)n1.Cl. The number of piperazine rings is 1. The van der Waals surface area contributed by atoms with Gasteiger partial charge in [0.25, 0.3) is 5.89 Å². The molecule has 0 amide bonds. The van der Waals surface area contributed by atoms with E-state index in [1.165, 1.54) is 0 Å². The molecule has 0 bridgehead atoms. The largest absolute Gasteiger partial charge is 0.354 e. The molecule has 3 heterocycles. The first-order valence-electron chi connectivity index (χ1n) is 8.05. The maximum absolute atomic E-state index is 5.41. The smallest absolute Gasteiger partial charge is 0.258 e. The van der Waals surface area contributed by atoms with E-state index in [0.29, 0.717) is 11.9 Å². The summed E-state index contributed by atoms with van der Waals surface area (Å²) in [6.07, 6.45) is 2.56. The third kappa shape index (κ3) is 4.43. The lowest BCUT2D eigenvalue weighted by Crippen LogP contribution is -2.44. The Morgan fingerprint density at radius 3 is 2.75 bits per heavy atom. The number of aromatic nitrogens is 3. The fraction of sp³-hybridized carbons (Fsp3) is 0.562. The molecule has 3 rings (SSSR count). The van der Waals surface area contributed by atoms with Crippen LogP contribution in [0.15, 0.2) is 22.9 Å². The number of pyridine rings is 1. The molecule has 0 spiro atoms. The topological polar surface area (TPSA) is 70.3 Å². The predicted molar refractivity (Wildman–Crippen MR) is 96.7 cm³/mol. The van der Waals surface area contributed by atoms with E-state index in [-0.39, 0.29) is 12.4 Å². The van der Waals surface area contributed by atoms with Crippen LogP contribution in [-0.4, -0.2) is 66.3 Å². The van der Waals surface area contributed by atoms with Crippen LogP contribution in [0.3, 0.4) is 0 Å². The average molecular weight is 353 g/mol. The number of halogens is 1. The van der Waals surface area contributed by atoms with Gasteiger partial charge in [-0.1, -0.05) is 5.16 Å². The molecular weight excluding hydrogens is 328 g/mol. The molecule has 2 aromatic rings. The van der Waals surface area contributed by atoms with Crippen LogP contribution in [0.25, 0.3) is 11.5 Å². The number of rotatable bonds is 5. The fourth-order valence-electron chi connectivity index (χ4n) is 2.59. The minimum atomic E-state index is 0. The van der Waals surface area contributed by atoms with E-state index in [1.54, 1.807) is 0 Å². The Balaban J connectivity index is 0.00000208. The van der Waals surface area contributed by atoms with Crippen molar-refractivity contribution in [2.75, 3.05) is 45.2 Å². The van der Waals surface area contributed by atoms with Gasteiger partial charge in [-0.05, 0) is 33.2 Å². The van der Waals surface area contributed by atoms with Gasteiger partial charge in [-0.25, -0.2) is 4.98 Å². The molecule has 1 fully saturated rings. The second-order valence-electron chi connectivity index (χ2n) is 6.10. The minimum Gasteiger partial charge on any atom is -0.354 e. The van der Waals surface area contributed by atoms with Crippen LogP contribution < -0.4 is 10.2 Å². The van der Waals surface area contributed by atoms with Crippen molar-refractivity contribution in [3.05, 3.63) is 24.2 Å². The van der Waals surface area contributed by atoms with Gasteiger partial charge < -0.3 is 19.6 Å². The van der Waals surface area contributed by atoms with Crippen molar-refractivity contribution in [3.8, 4) is 11.5 Å². The molecule has 7 nitrogen and oxygen atoms in total. The summed E-state index contributed by atoms with van der Waals surface area (Å²) < 4.78 is 5.41. The second kappa shape index (κ2) is 8.41. The standard InChI is InChI=1S/C16H24N6O.ClH/c1-12(17-2)10-14-19-16(23-20-14)13-4-5-18-15(11-13)22-8-6-21(3)7-9-22;/h4-5,11-12,17H,6-10H2,1-3H3;1H. The molecule has 8 heteroatoms. The maximum atomic E-state index is 5.41. The summed E-state index contributed by atoms with van der Waals surface area (Å²) in [6, 6.07) is 4.27. The highest BCUT2D eigenvalue weighted by Crippen LogP contribution is 2.22. The summed E-state index contributed by atoms with van der Waals surface area (Å²) in [5.74, 6) is 2.25. The van der Waals surface area contributed by atoms with E-state index < -0.39 is 0 Å². The maximum Gasteiger partial charge on any atom is 0.258 e. The number of nitrogens with zero attached hydrogens (tertiary/aromatic N) is 5. The van der Waals surface area contributed by atoms with Gasteiger partial charge in [-0.2, -0.15) is 4.98 Å². The van der Waals surface area contributed by atoms with E-state index >= 15 is 0 Å². The molecule has 0 aliphatic carbocycles. The van der Waals surface area contributed by atoms with Crippen molar-refractivity contribution in [1.29, 1.82) is 0 Å². The van der Waals surface area contributed by atoms with Crippen LogP contribution in [-0.2, 0) is 6.42 Å². The van der Waals surface area contributed by atoms with Crippen LogP contribution in [0.5, 0.6) is 0 Å². The first kappa shape index (κ1) is 18.6. The van der Waals surface area contributed by atoms with Gasteiger partial charge in [0.15, 0.2) is 5.82 Å². The van der Waals surface area contributed by atoms with Gasteiger partial charge in [-0.3, -0.25) is 0 Å². The molecule has 1 unspecified atom stereocenters. The second-order valence-corrected chi connectivity index (χ2v) is 6.10. The van der Waals surface area contributed by atoms with E-state index in [1.807, 2.05) is 25.4 Å². The summed E-state index contributed by atoms with van der Waals surface area (Å²) in [7, 11) is 4.07. The first-order chi connectivity index (χ1) is 11.2. The number of hydrogen-bond donors (Lipinski definition) is 1. The van der Waals surface area contributed by atoms with Crippen LogP contribution in [0, 0.1) is 0 Å². The molecule has 132 valence electrons. The van der Waals surface area contributed by atoms with Crippen LogP contribution in [0.2, 0.25) is 0 Å². The van der Waals surface area contributed by atoms with E-state index in [9.17, 15) is 0 Å². The van der Waals surface area contributed by atoms with Crippen LogP contribution >= 0.6 is 12.4 Å². The van der Waals surface area contributed by atoms with Crippen LogP contribution in [0.1, 0.15) is 12.7 Å². The Morgan fingerprint density at radius 1 is 1.29 bits per heavy atom. The molecule has 1 saturated heterocycles. The van der Waals surface area contributed by atoms with Crippen molar-refractivity contribution in [3.63, 3.8) is 0 Å². The summed E-state index contributed by atoms with van der Waals surface area (Å²) in [5.41, 5.74) is 0.921. The lowest BCUT2D eigenvalue weighted by Gasteiger charge is -2.33. The highest BCUT2D eigenvalue weighted by molar-refractivity contribution is 5.85. The molecule has 1 N–H and O–H groups in total. The van der Waals surface area contributed by atoms with E-state index in [4.69, 9.17) is 4.52 Å². The minimum absolute atomic E-state index is 0. The molecule has 24 heavy (non-hydrogen) atoms. The molecule has 0 radical (unpaired) electrons. The predicted octanol–water partition coefficient (Wildman–Crippen LogP) is 1.46. The lowest BCUT2D eigenvalue weighted by atomic mass is 10.2. The third-order valence-electron chi connectivity index (χ3n) is 4.27. The number of anilines is 1. The third-order valence-corrected chi connectivity index (χ3v) is 4.27. The zero-order chi connectivity index (χ0) is 16.2. The summed E-state index contributed by atoms with van der Waals surface area (Å²) in [4.78, 5) is 13.6. The monoisotopic (exact) mass is 352 g/mol. The summed E-state index contributed by atoms with van der Waals surface area (Å²) >= 11 is 0. The number of hydrogen-bond acceptors (Lipinski definition) is 7. The summed E-state index contributed by atoms with van der Waals surface area (Å²) in [6.45, 7) is 6.18. The summed E-state index contributed by atoms with van der Waals surface area (Å²) in [5, 5.41) is 7.24. The quantitative estimate of drug-likeness (QED) is 0.873. The molecule has 0 saturated carbocycles.